The molecule has 0 spiro atoms. The van der Waals surface area contributed by atoms with E-state index in [9.17, 15) is 4.79 Å². The highest BCUT2D eigenvalue weighted by Gasteiger charge is 2.58. The molecule has 96 valence electrons. The molecule has 2 heterocycles. The van der Waals surface area contributed by atoms with Crippen molar-refractivity contribution in [2.24, 2.45) is 11.8 Å². The van der Waals surface area contributed by atoms with Crippen molar-refractivity contribution in [3.05, 3.63) is 35.9 Å². The van der Waals surface area contributed by atoms with Crippen molar-refractivity contribution in [3.8, 4) is 0 Å². The number of hydrogen-bond acceptors (Lipinski definition) is 2. The number of hydrogen-bond donors (Lipinski definition) is 0. The van der Waals surface area contributed by atoms with E-state index >= 15 is 0 Å². The van der Waals surface area contributed by atoms with Gasteiger partial charge >= 0.3 is 0 Å². The molecular formula is C15H19NO2. The zero-order chi connectivity index (χ0) is 12.9. The molecule has 2 aliphatic heterocycles. The Labute approximate surface area is 108 Å². The topological polar surface area (TPSA) is 29.5 Å². The fourth-order valence-electron chi connectivity index (χ4n) is 3.21. The Bertz CT molecular complexity index is 473. The van der Waals surface area contributed by atoms with Crippen LogP contribution in [0.5, 0.6) is 0 Å². The van der Waals surface area contributed by atoms with Gasteiger partial charge in [-0.15, -0.1) is 0 Å². The van der Waals surface area contributed by atoms with Crippen molar-refractivity contribution in [1.29, 1.82) is 0 Å². The molecule has 4 atom stereocenters. The minimum atomic E-state index is -0.212. The van der Waals surface area contributed by atoms with Gasteiger partial charge in [0.1, 0.15) is 0 Å². The van der Waals surface area contributed by atoms with E-state index in [4.69, 9.17) is 4.74 Å². The molecule has 2 saturated heterocycles. The number of nitrogens with zero attached hydrogens (tertiary/aromatic N) is 1. The summed E-state index contributed by atoms with van der Waals surface area (Å²) in [6.07, 6.45) is -0.212. The van der Waals surface area contributed by atoms with Crippen LogP contribution in [-0.4, -0.2) is 23.0 Å². The smallest absolute Gasteiger partial charge is 0.228 e. The second-order valence-corrected chi connectivity index (χ2v) is 5.72. The number of fused-ring (bicyclic) bond motifs is 1. The first-order valence-electron chi connectivity index (χ1n) is 6.55. The molecule has 0 aliphatic carbocycles. The first-order chi connectivity index (χ1) is 8.55. The normalized spacial score (nSPS) is 39.2. The third-order valence-corrected chi connectivity index (χ3v) is 4.76. The van der Waals surface area contributed by atoms with E-state index < -0.39 is 0 Å². The number of ether oxygens (including phenoxy) is 1. The van der Waals surface area contributed by atoms with E-state index in [1.165, 1.54) is 0 Å². The SMILES string of the molecule is CC1C(=O)N2C(c3ccccc3)OC[C@@]2(C)[C@H]1C. The molecule has 1 aromatic rings. The van der Waals surface area contributed by atoms with Crippen molar-refractivity contribution in [2.75, 3.05) is 6.61 Å². The van der Waals surface area contributed by atoms with Crippen LogP contribution >= 0.6 is 0 Å². The Morgan fingerprint density at radius 3 is 2.61 bits per heavy atom. The third-order valence-electron chi connectivity index (χ3n) is 4.76. The van der Waals surface area contributed by atoms with Gasteiger partial charge in [-0.05, 0) is 12.8 Å². The van der Waals surface area contributed by atoms with E-state index in [1.54, 1.807) is 0 Å². The number of benzene rings is 1. The molecule has 0 bridgehead atoms. The van der Waals surface area contributed by atoms with Gasteiger partial charge in [-0.2, -0.15) is 0 Å². The van der Waals surface area contributed by atoms with Gasteiger partial charge in [0.15, 0.2) is 6.23 Å². The van der Waals surface area contributed by atoms with Crippen LogP contribution in [0.4, 0.5) is 0 Å². The standard InChI is InChI=1S/C15H19NO2/c1-10-11(2)15(3)9-18-14(16(15)13(10)17)12-7-5-4-6-8-12/h4-8,10-11,14H,9H2,1-3H3/t10?,11-,14?,15-/m0/s1. The fraction of sp³-hybridized carbons (Fsp3) is 0.533. The van der Waals surface area contributed by atoms with Gasteiger partial charge in [-0.3, -0.25) is 4.79 Å². The van der Waals surface area contributed by atoms with Gasteiger partial charge in [0.25, 0.3) is 0 Å². The van der Waals surface area contributed by atoms with Gasteiger partial charge in [0.2, 0.25) is 5.91 Å². The number of amides is 1. The summed E-state index contributed by atoms with van der Waals surface area (Å²) in [4.78, 5) is 14.4. The highest BCUT2D eigenvalue weighted by atomic mass is 16.5. The molecule has 18 heavy (non-hydrogen) atoms. The molecule has 0 N–H and O–H groups in total. The lowest BCUT2D eigenvalue weighted by molar-refractivity contribution is -0.138. The summed E-state index contributed by atoms with van der Waals surface area (Å²) in [7, 11) is 0. The highest BCUT2D eigenvalue weighted by molar-refractivity contribution is 5.83. The van der Waals surface area contributed by atoms with Crippen LogP contribution in [-0.2, 0) is 9.53 Å². The Balaban J connectivity index is 2.00. The lowest BCUT2D eigenvalue weighted by atomic mass is 9.84. The second kappa shape index (κ2) is 3.82. The fourth-order valence-corrected chi connectivity index (χ4v) is 3.21. The van der Waals surface area contributed by atoms with E-state index in [0.29, 0.717) is 12.5 Å². The molecule has 1 amide bonds. The minimum Gasteiger partial charge on any atom is -0.351 e. The van der Waals surface area contributed by atoms with Gasteiger partial charge in [0, 0.05) is 11.5 Å². The molecule has 3 nitrogen and oxygen atoms in total. The van der Waals surface area contributed by atoms with Crippen LogP contribution in [0, 0.1) is 11.8 Å². The van der Waals surface area contributed by atoms with Gasteiger partial charge in [-0.25, -0.2) is 0 Å². The van der Waals surface area contributed by atoms with Gasteiger partial charge in [0.05, 0.1) is 12.1 Å². The Morgan fingerprint density at radius 1 is 1.28 bits per heavy atom. The van der Waals surface area contributed by atoms with Crippen LogP contribution in [0.2, 0.25) is 0 Å². The summed E-state index contributed by atoms with van der Waals surface area (Å²) in [5.41, 5.74) is 0.910. The van der Waals surface area contributed by atoms with Crippen molar-refractivity contribution in [2.45, 2.75) is 32.5 Å². The second-order valence-electron chi connectivity index (χ2n) is 5.72. The molecule has 3 heteroatoms. The molecule has 1 aromatic carbocycles. The van der Waals surface area contributed by atoms with E-state index in [1.807, 2.05) is 42.2 Å². The van der Waals surface area contributed by atoms with Crippen LogP contribution in [0.15, 0.2) is 30.3 Å². The van der Waals surface area contributed by atoms with Crippen molar-refractivity contribution in [3.63, 3.8) is 0 Å². The number of carbonyl (C=O) groups excluding carboxylic acids is 1. The largest absolute Gasteiger partial charge is 0.351 e. The summed E-state index contributed by atoms with van der Waals surface area (Å²) in [6.45, 7) is 6.95. The van der Waals surface area contributed by atoms with Gasteiger partial charge in [-0.1, -0.05) is 44.2 Å². The molecule has 3 rings (SSSR count). The summed E-state index contributed by atoms with van der Waals surface area (Å²) < 4.78 is 5.90. The number of carbonyl (C=O) groups is 1. The number of rotatable bonds is 1. The summed E-state index contributed by atoms with van der Waals surface area (Å²) in [5.74, 6) is 0.639. The lowest BCUT2D eigenvalue weighted by Gasteiger charge is -2.31. The predicted molar refractivity (Wildman–Crippen MR) is 68.7 cm³/mol. The average Bonchev–Trinajstić information content (AvgIpc) is 2.82. The quantitative estimate of drug-likeness (QED) is 0.761. The van der Waals surface area contributed by atoms with Gasteiger partial charge < -0.3 is 9.64 Å². The zero-order valence-electron chi connectivity index (χ0n) is 11.1. The maximum atomic E-state index is 12.4. The van der Waals surface area contributed by atoms with E-state index in [0.717, 1.165) is 5.56 Å². The highest BCUT2D eigenvalue weighted by Crippen LogP contribution is 2.49. The minimum absolute atomic E-state index is 0.0881. The Kier molecular flexibility index (Phi) is 2.49. The van der Waals surface area contributed by atoms with Crippen LogP contribution in [0.1, 0.15) is 32.6 Å². The summed E-state index contributed by atoms with van der Waals surface area (Å²) >= 11 is 0. The molecule has 2 aliphatic rings. The Hall–Kier alpha value is -1.35. The van der Waals surface area contributed by atoms with Crippen LogP contribution < -0.4 is 0 Å². The third kappa shape index (κ3) is 1.37. The lowest BCUT2D eigenvalue weighted by Crippen LogP contribution is -2.43. The van der Waals surface area contributed by atoms with Crippen LogP contribution in [0.3, 0.4) is 0 Å². The maximum absolute atomic E-state index is 12.4. The predicted octanol–water partition coefficient (Wildman–Crippen LogP) is 2.59. The van der Waals surface area contributed by atoms with E-state index in [2.05, 4.69) is 13.8 Å². The van der Waals surface area contributed by atoms with Crippen molar-refractivity contribution in [1.82, 2.24) is 4.90 Å². The summed E-state index contributed by atoms with van der Waals surface area (Å²) in [5, 5.41) is 0. The van der Waals surface area contributed by atoms with Crippen LogP contribution in [0.25, 0.3) is 0 Å². The Morgan fingerprint density at radius 2 is 1.94 bits per heavy atom. The first-order valence-corrected chi connectivity index (χ1v) is 6.55. The average molecular weight is 245 g/mol. The van der Waals surface area contributed by atoms with Crippen molar-refractivity contribution >= 4 is 5.91 Å². The molecule has 0 radical (unpaired) electrons. The van der Waals surface area contributed by atoms with Crippen molar-refractivity contribution < 1.29 is 9.53 Å². The monoisotopic (exact) mass is 245 g/mol. The summed E-state index contributed by atoms with van der Waals surface area (Å²) in [6, 6.07) is 10.0. The molecule has 2 fully saturated rings. The maximum Gasteiger partial charge on any atom is 0.228 e. The molecular weight excluding hydrogens is 226 g/mol. The van der Waals surface area contributed by atoms with E-state index in [-0.39, 0.29) is 23.6 Å². The molecule has 0 saturated carbocycles. The zero-order valence-corrected chi connectivity index (χ0v) is 11.1. The first kappa shape index (κ1) is 11.7. The molecule has 2 unspecified atom stereocenters. The molecule has 0 aromatic heterocycles.